The Bertz CT molecular complexity index is 799. The highest BCUT2D eigenvalue weighted by Crippen LogP contribution is 2.25. The van der Waals surface area contributed by atoms with Crippen molar-refractivity contribution >= 4 is 5.69 Å². The summed E-state index contributed by atoms with van der Waals surface area (Å²) in [5, 5.41) is 18.3. The zero-order valence-corrected chi connectivity index (χ0v) is 10.6. The first-order valence-electron chi connectivity index (χ1n) is 5.98. The fourth-order valence-corrected chi connectivity index (χ4v) is 1.80. The topological polar surface area (TPSA) is 82.1 Å². The summed E-state index contributed by atoms with van der Waals surface area (Å²) < 4.78 is 18.6. The van der Waals surface area contributed by atoms with Gasteiger partial charge in [-0.1, -0.05) is 6.07 Å². The first kappa shape index (κ1) is 12.9. The fraction of sp³-hybridized carbons (Fsp3) is 0. The van der Waals surface area contributed by atoms with E-state index in [0.29, 0.717) is 11.1 Å². The second kappa shape index (κ2) is 5.12. The average molecular weight is 285 g/mol. The minimum absolute atomic E-state index is 0.0244. The summed E-state index contributed by atoms with van der Waals surface area (Å²) in [4.78, 5) is 10.1. The van der Waals surface area contributed by atoms with Crippen molar-refractivity contribution in [2.45, 2.75) is 0 Å². The van der Waals surface area contributed by atoms with Crippen LogP contribution in [0.1, 0.15) is 0 Å². The lowest BCUT2D eigenvalue weighted by atomic mass is 10.2. The molecule has 3 rings (SSSR count). The molecular formula is C14H8FN3O3. The maximum Gasteiger partial charge on any atom is 0.269 e. The van der Waals surface area contributed by atoms with E-state index in [9.17, 15) is 14.5 Å². The Balaban J connectivity index is 1.93. The number of non-ortho nitro benzene ring substituents is 1. The van der Waals surface area contributed by atoms with Gasteiger partial charge in [0.15, 0.2) is 0 Å². The van der Waals surface area contributed by atoms with Gasteiger partial charge in [0.2, 0.25) is 11.8 Å². The van der Waals surface area contributed by atoms with Crippen LogP contribution in [0.4, 0.5) is 10.1 Å². The number of nitro groups is 1. The molecule has 7 heteroatoms. The average Bonchev–Trinajstić information content (AvgIpc) is 2.97. The maximum absolute atomic E-state index is 13.1. The summed E-state index contributed by atoms with van der Waals surface area (Å²) in [6, 6.07) is 11.5. The van der Waals surface area contributed by atoms with Crippen LogP contribution < -0.4 is 0 Å². The number of aromatic nitrogens is 2. The Hall–Kier alpha value is -3.09. The van der Waals surface area contributed by atoms with Crippen molar-refractivity contribution in [3.05, 3.63) is 64.5 Å². The highest BCUT2D eigenvalue weighted by Gasteiger charge is 2.12. The molecule has 0 fully saturated rings. The summed E-state index contributed by atoms with van der Waals surface area (Å²) >= 11 is 0. The van der Waals surface area contributed by atoms with E-state index in [1.165, 1.54) is 36.4 Å². The van der Waals surface area contributed by atoms with Gasteiger partial charge in [-0.05, 0) is 30.3 Å². The van der Waals surface area contributed by atoms with Crippen LogP contribution in [0, 0.1) is 15.9 Å². The third-order valence-electron chi connectivity index (χ3n) is 2.82. The van der Waals surface area contributed by atoms with Gasteiger partial charge in [-0.25, -0.2) is 4.39 Å². The lowest BCUT2D eigenvalue weighted by Gasteiger charge is -1.95. The van der Waals surface area contributed by atoms with Crippen LogP contribution in [0.15, 0.2) is 52.9 Å². The zero-order chi connectivity index (χ0) is 14.8. The number of nitrogens with zero attached hydrogens (tertiary/aromatic N) is 3. The quantitative estimate of drug-likeness (QED) is 0.543. The van der Waals surface area contributed by atoms with E-state index in [1.807, 2.05) is 0 Å². The van der Waals surface area contributed by atoms with E-state index < -0.39 is 10.7 Å². The predicted octanol–water partition coefficient (Wildman–Crippen LogP) is 3.45. The number of benzene rings is 2. The number of rotatable bonds is 3. The predicted molar refractivity (Wildman–Crippen MR) is 71.8 cm³/mol. The Kier molecular flexibility index (Phi) is 3.15. The second-order valence-electron chi connectivity index (χ2n) is 4.23. The van der Waals surface area contributed by atoms with Gasteiger partial charge in [-0.2, -0.15) is 0 Å². The molecule has 0 saturated heterocycles. The van der Waals surface area contributed by atoms with Crippen molar-refractivity contribution in [3.8, 4) is 22.9 Å². The Morgan fingerprint density at radius 2 is 1.67 bits per heavy atom. The number of nitro benzene ring substituents is 1. The molecule has 0 N–H and O–H groups in total. The number of halogens is 1. The normalized spacial score (nSPS) is 10.5. The largest absolute Gasteiger partial charge is 0.416 e. The molecule has 1 aromatic heterocycles. The molecule has 2 aromatic carbocycles. The van der Waals surface area contributed by atoms with E-state index in [0.717, 1.165) is 0 Å². The van der Waals surface area contributed by atoms with Crippen LogP contribution in [0.3, 0.4) is 0 Å². The van der Waals surface area contributed by atoms with E-state index in [4.69, 9.17) is 4.42 Å². The molecule has 0 radical (unpaired) electrons. The van der Waals surface area contributed by atoms with Crippen molar-refractivity contribution in [3.63, 3.8) is 0 Å². The van der Waals surface area contributed by atoms with E-state index in [1.54, 1.807) is 12.1 Å². The monoisotopic (exact) mass is 285 g/mol. The SMILES string of the molecule is O=[N+]([O-])c1ccc(-c2nnc(-c3cccc(F)c3)o2)cc1. The molecule has 0 amide bonds. The van der Waals surface area contributed by atoms with Crippen molar-refractivity contribution in [2.75, 3.05) is 0 Å². The molecule has 0 aliphatic rings. The van der Waals surface area contributed by atoms with Crippen molar-refractivity contribution in [1.29, 1.82) is 0 Å². The maximum atomic E-state index is 13.1. The summed E-state index contributed by atoms with van der Waals surface area (Å²) in [6.45, 7) is 0. The smallest absolute Gasteiger partial charge is 0.269 e. The molecule has 0 saturated carbocycles. The third kappa shape index (κ3) is 2.62. The van der Waals surface area contributed by atoms with E-state index in [2.05, 4.69) is 10.2 Å². The van der Waals surface area contributed by atoms with Gasteiger partial charge < -0.3 is 4.42 Å². The van der Waals surface area contributed by atoms with E-state index >= 15 is 0 Å². The molecule has 3 aromatic rings. The van der Waals surface area contributed by atoms with Crippen LogP contribution in [-0.4, -0.2) is 15.1 Å². The summed E-state index contributed by atoms with van der Waals surface area (Å²) in [6.07, 6.45) is 0. The molecule has 1 heterocycles. The summed E-state index contributed by atoms with van der Waals surface area (Å²) in [5.41, 5.74) is 0.995. The van der Waals surface area contributed by atoms with Crippen LogP contribution in [0.25, 0.3) is 22.9 Å². The minimum atomic E-state index is -0.490. The van der Waals surface area contributed by atoms with Crippen molar-refractivity contribution in [1.82, 2.24) is 10.2 Å². The van der Waals surface area contributed by atoms with E-state index in [-0.39, 0.29) is 17.5 Å². The van der Waals surface area contributed by atoms with Crippen LogP contribution in [-0.2, 0) is 0 Å². The van der Waals surface area contributed by atoms with Gasteiger partial charge in [-0.15, -0.1) is 10.2 Å². The molecule has 0 bridgehead atoms. The third-order valence-corrected chi connectivity index (χ3v) is 2.82. The molecular weight excluding hydrogens is 277 g/mol. The molecule has 6 nitrogen and oxygen atoms in total. The molecule has 0 spiro atoms. The van der Waals surface area contributed by atoms with Gasteiger partial charge in [0.25, 0.3) is 5.69 Å². The molecule has 0 aliphatic heterocycles. The first-order chi connectivity index (χ1) is 10.1. The molecule has 0 atom stereocenters. The lowest BCUT2D eigenvalue weighted by Crippen LogP contribution is -1.87. The first-order valence-corrected chi connectivity index (χ1v) is 5.98. The van der Waals surface area contributed by atoms with Gasteiger partial charge in [-0.3, -0.25) is 10.1 Å². The molecule has 0 unspecified atom stereocenters. The standard InChI is InChI=1S/C14H8FN3O3/c15-11-3-1-2-10(8-11)14-17-16-13(21-14)9-4-6-12(7-5-9)18(19)20/h1-8H. The second-order valence-corrected chi connectivity index (χ2v) is 4.23. The summed E-state index contributed by atoms with van der Waals surface area (Å²) in [7, 11) is 0. The fourth-order valence-electron chi connectivity index (χ4n) is 1.80. The molecule has 21 heavy (non-hydrogen) atoms. The van der Waals surface area contributed by atoms with Crippen molar-refractivity contribution < 1.29 is 13.7 Å². The van der Waals surface area contributed by atoms with Crippen LogP contribution >= 0.6 is 0 Å². The Morgan fingerprint density at radius 3 is 2.29 bits per heavy atom. The molecule has 0 aliphatic carbocycles. The van der Waals surface area contributed by atoms with Crippen LogP contribution in [0.5, 0.6) is 0 Å². The molecule has 104 valence electrons. The van der Waals surface area contributed by atoms with Gasteiger partial charge in [0.1, 0.15) is 5.82 Å². The minimum Gasteiger partial charge on any atom is -0.416 e. The number of hydrogen-bond acceptors (Lipinski definition) is 5. The van der Waals surface area contributed by atoms with Gasteiger partial charge in [0, 0.05) is 23.3 Å². The zero-order valence-electron chi connectivity index (χ0n) is 10.6. The van der Waals surface area contributed by atoms with Crippen molar-refractivity contribution in [2.24, 2.45) is 0 Å². The Morgan fingerprint density at radius 1 is 1.00 bits per heavy atom. The lowest BCUT2D eigenvalue weighted by molar-refractivity contribution is -0.384. The summed E-state index contributed by atoms with van der Waals surface area (Å²) in [5.74, 6) is -0.00500. The van der Waals surface area contributed by atoms with Gasteiger partial charge in [0.05, 0.1) is 4.92 Å². The Labute approximate surface area is 118 Å². The highest BCUT2D eigenvalue weighted by molar-refractivity contribution is 5.59. The van der Waals surface area contributed by atoms with Gasteiger partial charge >= 0.3 is 0 Å². The highest BCUT2D eigenvalue weighted by atomic mass is 19.1. The number of hydrogen-bond donors (Lipinski definition) is 0. The van der Waals surface area contributed by atoms with Crippen LogP contribution in [0.2, 0.25) is 0 Å².